The minimum atomic E-state index is -1.05. The van der Waals surface area contributed by atoms with Gasteiger partial charge in [0.2, 0.25) is 0 Å². The van der Waals surface area contributed by atoms with Crippen LogP contribution in [0.3, 0.4) is 0 Å². The van der Waals surface area contributed by atoms with Crippen LogP contribution in [0.15, 0.2) is 18.2 Å². The molecule has 0 aliphatic carbocycles. The Morgan fingerprint density at radius 3 is 2.60 bits per heavy atom. The van der Waals surface area contributed by atoms with E-state index in [4.69, 9.17) is 10.5 Å². The monoisotopic (exact) mass is 280 g/mol. The maximum Gasteiger partial charge on any atom is 0.326 e. The molecule has 0 aromatic heterocycles. The van der Waals surface area contributed by atoms with E-state index in [2.05, 4.69) is 5.32 Å². The van der Waals surface area contributed by atoms with Crippen molar-refractivity contribution in [3.8, 4) is 5.75 Å². The fourth-order valence-electron chi connectivity index (χ4n) is 1.80. The van der Waals surface area contributed by atoms with E-state index in [1.807, 2.05) is 6.92 Å². The van der Waals surface area contributed by atoms with Crippen molar-refractivity contribution < 1.29 is 19.4 Å². The molecule has 0 saturated carbocycles. The molecule has 2 atom stereocenters. The van der Waals surface area contributed by atoms with Crippen molar-refractivity contribution in [2.75, 3.05) is 12.8 Å². The van der Waals surface area contributed by atoms with Crippen LogP contribution >= 0.6 is 0 Å². The normalized spacial score (nSPS) is 13.3. The number of carbonyl (C=O) groups is 2. The van der Waals surface area contributed by atoms with Gasteiger partial charge in [-0.25, -0.2) is 4.79 Å². The summed E-state index contributed by atoms with van der Waals surface area (Å²) >= 11 is 0. The van der Waals surface area contributed by atoms with Gasteiger partial charge >= 0.3 is 5.97 Å². The number of nitrogens with one attached hydrogen (secondary N) is 1. The van der Waals surface area contributed by atoms with E-state index in [0.717, 1.165) is 0 Å². The van der Waals surface area contributed by atoms with Gasteiger partial charge in [0.25, 0.3) is 5.91 Å². The molecule has 6 heteroatoms. The topological polar surface area (TPSA) is 102 Å². The number of aliphatic carboxylic acids is 1. The lowest BCUT2D eigenvalue weighted by Gasteiger charge is -2.20. The molecule has 0 radical (unpaired) electrons. The molecular formula is C14H20N2O4. The van der Waals surface area contributed by atoms with Crippen LogP contribution in [-0.4, -0.2) is 30.1 Å². The van der Waals surface area contributed by atoms with Gasteiger partial charge in [-0.3, -0.25) is 4.79 Å². The zero-order chi connectivity index (χ0) is 15.3. The molecule has 0 aliphatic heterocycles. The Hall–Kier alpha value is -2.24. The number of carboxylic acids is 1. The van der Waals surface area contributed by atoms with Crippen molar-refractivity contribution >= 4 is 17.6 Å². The summed E-state index contributed by atoms with van der Waals surface area (Å²) in [7, 11) is 1.43. The van der Waals surface area contributed by atoms with Crippen LogP contribution in [-0.2, 0) is 4.79 Å². The van der Waals surface area contributed by atoms with Crippen LogP contribution in [0.5, 0.6) is 5.75 Å². The van der Waals surface area contributed by atoms with Crippen molar-refractivity contribution in [3.63, 3.8) is 0 Å². The number of carboxylic acid groups (broad SMARTS) is 1. The molecule has 1 amide bonds. The summed E-state index contributed by atoms with van der Waals surface area (Å²) in [5.41, 5.74) is 6.34. The number of nitrogens with two attached hydrogens (primary N) is 1. The Labute approximate surface area is 117 Å². The molecule has 4 N–H and O–H groups in total. The Kier molecular flexibility index (Phi) is 5.37. The average Bonchev–Trinajstić information content (AvgIpc) is 2.42. The second kappa shape index (κ2) is 6.79. The molecule has 110 valence electrons. The number of anilines is 1. The predicted octanol–water partition coefficient (Wildman–Crippen LogP) is 1.51. The Balaban J connectivity index is 2.97. The second-order valence-corrected chi connectivity index (χ2v) is 4.63. The van der Waals surface area contributed by atoms with E-state index in [-0.39, 0.29) is 11.5 Å². The van der Waals surface area contributed by atoms with Gasteiger partial charge in [-0.2, -0.15) is 0 Å². The molecule has 0 fully saturated rings. The number of ether oxygens (including phenoxy) is 1. The maximum absolute atomic E-state index is 12.2. The van der Waals surface area contributed by atoms with E-state index in [1.54, 1.807) is 13.0 Å². The average molecular weight is 280 g/mol. The fraction of sp³-hybridized carbons (Fsp3) is 0.429. The van der Waals surface area contributed by atoms with Gasteiger partial charge in [-0.05, 0) is 18.1 Å². The molecule has 20 heavy (non-hydrogen) atoms. The first kappa shape index (κ1) is 15.8. The lowest BCUT2D eigenvalue weighted by molar-refractivity contribution is -0.140. The van der Waals surface area contributed by atoms with E-state index in [0.29, 0.717) is 17.9 Å². The second-order valence-electron chi connectivity index (χ2n) is 4.63. The molecule has 2 unspecified atom stereocenters. The fourth-order valence-corrected chi connectivity index (χ4v) is 1.80. The van der Waals surface area contributed by atoms with Crippen LogP contribution in [0.4, 0.5) is 5.69 Å². The zero-order valence-electron chi connectivity index (χ0n) is 11.8. The summed E-state index contributed by atoms with van der Waals surface area (Å²) in [6.07, 6.45) is 0.649. The number of carbonyl (C=O) groups excluding carboxylic acids is 1. The van der Waals surface area contributed by atoms with Crippen LogP contribution in [0.25, 0.3) is 0 Å². The number of rotatable bonds is 6. The highest BCUT2D eigenvalue weighted by Crippen LogP contribution is 2.22. The van der Waals surface area contributed by atoms with Crippen molar-refractivity contribution in [1.82, 2.24) is 5.32 Å². The molecule has 6 nitrogen and oxygen atoms in total. The van der Waals surface area contributed by atoms with Gasteiger partial charge in [-0.1, -0.05) is 20.3 Å². The summed E-state index contributed by atoms with van der Waals surface area (Å²) in [5, 5.41) is 11.7. The first-order chi connectivity index (χ1) is 9.40. The maximum atomic E-state index is 12.2. The van der Waals surface area contributed by atoms with Gasteiger partial charge in [-0.15, -0.1) is 0 Å². The predicted molar refractivity (Wildman–Crippen MR) is 75.8 cm³/mol. The number of hydrogen-bond donors (Lipinski definition) is 3. The number of benzene rings is 1. The molecular weight excluding hydrogens is 260 g/mol. The van der Waals surface area contributed by atoms with E-state index in [9.17, 15) is 14.7 Å². The SMILES string of the molecule is CCC(C)C(NC(=O)c1ccc(N)cc1OC)C(=O)O. The summed E-state index contributed by atoms with van der Waals surface area (Å²) < 4.78 is 5.09. The molecule has 0 spiro atoms. The van der Waals surface area contributed by atoms with E-state index >= 15 is 0 Å². The number of amides is 1. The third kappa shape index (κ3) is 3.63. The number of nitrogen functional groups attached to an aromatic ring is 1. The highest BCUT2D eigenvalue weighted by Gasteiger charge is 2.26. The van der Waals surface area contributed by atoms with Gasteiger partial charge in [0.15, 0.2) is 0 Å². The molecule has 1 rings (SSSR count). The zero-order valence-corrected chi connectivity index (χ0v) is 11.8. The summed E-state index contributed by atoms with van der Waals surface area (Å²) in [4.78, 5) is 23.4. The Bertz CT molecular complexity index is 502. The summed E-state index contributed by atoms with van der Waals surface area (Å²) in [5.74, 6) is -1.40. The van der Waals surface area contributed by atoms with Crippen molar-refractivity contribution in [1.29, 1.82) is 0 Å². The van der Waals surface area contributed by atoms with Crippen LogP contribution in [0.2, 0.25) is 0 Å². The highest BCUT2D eigenvalue weighted by atomic mass is 16.5. The highest BCUT2D eigenvalue weighted by molar-refractivity contribution is 5.99. The molecule has 0 aliphatic rings. The number of methoxy groups -OCH3 is 1. The minimum Gasteiger partial charge on any atom is -0.496 e. The van der Waals surface area contributed by atoms with Crippen molar-refractivity contribution in [2.24, 2.45) is 5.92 Å². The number of hydrogen-bond acceptors (Lipinski definition) is 4. The largest absolute Gasteiger partial charge is 0.496 e. The van der Waals surface area contributed by atoms with Crippen LogP contribution in [0.1, 0.15) is 30.6 Å². The van der Waals surface area contributed by atoms with Gasteiger partial charge < -0.3 is 20.9 Å². The minimum absolute atomic E-state index is 0.170. The standard InChI is InChI=1S/C14H20N2O4/c1-4-8(2)12(14(18)19)16-13(17)10-6-5-9(15)7-11(10)20-3/h5-8,12H,4,15H2,1-3H3,(H,16,17)(H,18,19). The molecule has 0 bridgehead atoms. The Morgan fingerprint density at radius 2 is 2.10 bits per heavy atom. The summed E-state index contributed by atoms with van der Waals surface area (Å²) in [6.45, 7) is 3.65. The molecule has 1 aromatic rings. The first-order valence-corrected chi connectivity index (χ1v) is 6.37. The lowest BCUT2D eigenvalue weighted by Crippen LogP contribution is -2.45. The Morgan fingerprint density at radius 1 is 1.45 bits per heavy atom. The smallest absolute Gasteiger partial charge is 0.326 e. The van der Waals surface area contributed by atoms with Gasteiger partial charge in [0.05, 0.1) is 12.7 Å². The quantitative estimate of drug-likeness (QED) is 0.685. The van der Waals surface area contributed by atoms with Crippen LogP contribution < -0.4 is 15.8 Å². The summed E-state index contributed by atoms with van der Waals surface area (Å²) in [6, 6.07) is 3.67. The third-order valence-electron chi connectivity index (χ3n) is 3.24. The van der Waals surface area contributed by atoms with Crippen LogP contribution in [0, 0.1) is 5.92 Å². The van der Waals surface area contributed by atoms with Crippen molar-refractivity contribution in [2.45, 2.75) is 26.3 Å². The third-order valence-corrected chi connectivity index (χ3v) is 3.24. The molecule has 1 aromatic carbocycles. The van der Waals surface area contributed by atoms with Gasteiger partial charge in [0, 0.05) is 11.8 Å². The van der Waals surface area contributed by atoms with E-state index in [1.165, 1.54) is 19.2 Å². The van der Waals surface area contributed by atoms with Crippen molar-refractivity contribution in [3.05, 3.63) is 23.8 Å². The lowest BCUT2D eigenvalue weighted by atomic mass is 9.99. The van der Waals surface area contributed by atoms with E-state index < -0.39 is 17.9 Å². The van der Waals surface area contributed by atoms with Gasteiger partial charge in [0.1, 0.15) is 11.8 Å². The first-order valence-electron chi connectivity index (χ1n) is 6.37. The molecule has 0 heterocycles. The molecule has 0 saturated heterocycles.